The van der Waals surface area contributed by atoms with E-state index in [2.05, 4.69) is 243 Å². The van der Waals surface area contributed by atoms with Gasteiger partial charge in [0.05, 0.1) is 0 Å². The molecule has 0 fully saturated rings. The molecular formula is C55H51AuO3P4. The average Bonchev–Trinajstić information content (AvgIpc) is 3.34. The maximum absolute atomic E-state index is 9.48. The Balaban J connectivity index is 0.000000208. The molecule has 0 radical (unpaired) electrons. The molecule has 0 amide bonds. The van der Waals surface area contributed by atoms with Crippen LogP contribution in [0.5, 0.6) is 0 Å². The Hall–Kier alpha value is -4.64. The van der Waals surface area contributed by atoms with E-state index in [-0.39, 0.29) is 54.1 Å². The van der Waals surface area contributed by atoms with Crippen molar-refractivity contribution in [2.24, 2.45) is 0 Å². The van der Waals surface area contributed by atoms with Gasteiger partial charge in [0, 0.05) is 6.92 Å². The van der Waals surface area contributed by atoms with Gasteiger partial charge in [0.15, 0.2) is 5.78 Å². The van der Waals surface area contributed by atoms with E-state index in [0.29, 0.717) is 0 Å². The van der Waals surface area contributed by atoms with E-state index in [9.17, 15) is 14.7 Å². The Morgan fingerprint density at radius 2 is 0.413 bits per heavy atom. The zero-order valence-electron chi connectivity index (χ0n) is 35.2. The Labute approximate surface area is 394 Å². The maximum atomic E-state index is 9.48. The summed E-state index contributed by atoms with van der Waals surface area (Å²) >= 11 is 0. The number of hydrogen-bond donors (Lipinski definition) is 0. The van der Waals surface area contributed by atoms with Gasteiger partial charge in [-0.2, -0.15) is 0 Å². The second kappa shape index (κ2) is 27.5. The number of carboxylic acids is 1. The van der Waals surface area contributed by atoms with Gasteiger partial charge in [0.1, 0.15) is 5.97 Å². The van der Waals surface area contributed by atoms with Gasteiger partial charge >= 0.3 is 22.4 Å². The van der Waals surface area contributed by atoms with Gasteiger partial charge in [-0.3, -0.25) is 4.79 Å². The normalized spacial score (nSPS) is 10.6. The van der Waals surface area contributed by atoms with Crippen LogP contribution in [0.1, 0.15) is 6.92 Å². The zero-order valence-corrected chi connectivity index (χ0v) is 41.0. The van der Waals surface area contributed by atoms with Crippen LogP contribution >= 0.6 is 31.7 Å². The van der Waals surface area contributed by atoms with Crippen LogP contribution in [0.15, 0.2) is 243 Å². The molecule has 0 saturated carbocycles. The SMILES string of the molecule is CC(=O)C(=O)[O-].[Au+].c1ccc(P(CCP(c2ccccc2)c2ccccc2)c2ccccc2)cc1.c1ccc(P(CCP(c2ccccc2)c2ccccc2)c2ccccc2)cc1. The molecule has 0 atom stereocenters. The molecular weight excluding hydrogens is 1030 g/mol. The fourth-order valence-electron chi connectivity index (χ4n) is 6.89. The van der Waals surface area contributed by atoms with E-state index in [4.69, 9.17) is 0 Å². The number of benzene rings is 8. The van der Waals surface area contributed by atoms with Crippen LogP contribution in [-0.2, 0) is 32.0 Å². The van der Waals surface area contributed by atoms with E-state index in [0.717, 1.165) is 6.92 Å². The summed E-state index contributed by atoms with van der Waals surface area (Å²) in [5.41, 5.74) is 0. The second-order valence-electron chi connectivity index (χ2n) is 14.1. The molecule has 0 aliphatic rings. The monoisotopic (exact) mass is 1080 g/mol. The second-order valence-corrected chi connectivity index (χ2v) is 23.5. The van der Waals surface area contributed by atoms with Crippen molar-refractivity contribution in [2.75, 3.05) is 24.6 Å². The van der Waals surface area contributed by atoms with E-state index in [1.807, 2.05) is 0 Å². The van der Waals surface area contributed by atoms with Gasteiger partial charge in [-0.15, -0.1) is 0 Å². The predicted molar refractivity (Wildman–Crippen MR) is 271 cm³/mol. The molecule has 0 aliphatic carbocycles. The van der Waals surface area contributed by atoms with Crippen LogP contribution in [0.4, 0.5) is 0 Å². The Morgan fingerprint density at radius 3 is 0.508 bits per heavy atom. The summed E-state index contributed by atoms with van der Waals surface area (Å²) in [6.45, 7) is 0.940. The number of carbonyl (C=O) groups excluding carboxylic acids is 2. The van der Waals surface area contributed by atoms with Gasteiger partial charge in [0.2, 0.25) is 0 Å². The van der Waals surface area contributed by atoms with Crippen LogP contribution < -0.4 is 47.5 Å². The molecule has 3 nitrogen and oxygen atoms in total. The molecule has 0 unspecified atom stereocenters. The summed E-state index contributed by atoms with van der Waals surface area (Å²) in [7, 11) is -1.39. The summed E-state index contributed by atoms with van der Waals surface area (Å²) < 4.78 is 0. The molecule has 0 heterocycles. The first-order chi connectivity index (χ1) is 30.5. The Kier molecular flexibility index (Phi) is 21.6. The third-order valence-corrected chi connectivity index (χ3v) is 20.7. The Bertz CT molecular complexity index is 1970. The number of carbonyl (C=O) groups is 2. The third-order valence-electron chi connectivity index (χ3n) is 9.92. The van der Waals surface area contributed by atoms with Gasteiger partial charge in [-0.05, 0) is 98.8 Å². The third kappa shape index (κ3) is 15.8. The average molecular weight is 1080 g/mol. The summed E-state index contributed by atoms with van der Waals surface area (Å²) in [6, 6.07) is 88.4. The topological polar surface area (TPSA) is 57.2 Å². The molecule has 8 aromatic carbocycles. The van der Waals surface area contributed by atoms with Gasteiger partial charge in [-0.1, -0.05) is 243 Å². The largest absolute Gasteiger partial charge is 1.00 e. The summed E-state index contributed by atoms with van der Waals surface area (Å²) in [6.07, 6.45) is 4.83. The molecule has 8 rings (SSSR count). The van der Waals surface area contributed by atoms with Crippen LogP contribution in [-0.4, -0.2) is 36.4 Å². The van der Waals surface area contributed by atoms with E-state index in [1.54, 1.807) is 0 Å². The zero-order chi connectivity index (χ0) is 43.2. The van der Waals surface area contributed by atoms with Crippen molar-refractivity contribution in [2.45, 2.75) is 6.92 Å². The van der Waals surface area contributed by atoms with Gasteiger partial charge in [-0.25, -0.2) is 0 Å². The number of rotatable bonds is 15. The van der Waals surface area contributed by atoms with Crippen LogP contribution in [0.25, 0.3) is 0 Å². The molecule has 0 spiro atoms. The fraction of sp³-hybridized carbons (Fsp3) is 0.0909. The fourth-order valence-corrected chi connectivity index (χ4v) is 17.6. The van der Waals surface area contributed by atoms with Crippen molar-refractivity contribution >= 4 is 85.9 Å². The minimum absolute atomic E-state index is 0. The minimum Gasteiger partial charge on any atom is -0.542 e. The molecule has 0 bridgehead atoms. The maximum Gasteiger partial charge on any atom is 1.00 e. The Morgan fingerprint density at radius 1 is 0.302 bits per heavy atom. The first-order valence-corrected chi connectivity index (χ1v) is 26.8. The molecule has 8 aromatic rings. The molecule has 63 heavy (non-hydrogen) atoms. The summed E-state index contributed by atoms with van der Waals surface area (Å²) in [5.74, 6) is -2.56. The van der Waals surface area contributed by atoms with Gasteiger partial charge < -0.3 is 9.90 Å². The number of Topliss-reactive ketones (excluding diaryl/α,β-unsaturated/α-hetero) is 1. The van der Waals surface area contributed by atoms with Crippen molar-refractivity contribution in [1.82, 2.24) is 0 Å². The summed E-state index contributed by atoms with van der Waals surface area (Å²) in [4.78, 5) is 18.7. The van der Waals surface area contributed by atoms with Crippen LogP contribution in [0.2, 0.25) is 0 Å². The summed E-state index contributed by atoms with van der Waals surface area (Å²) in [5, 5.41) is 21.0. The molecule has 0 aromatic heterocycles. The molecule has 0 aliphatic heterocycles. The first kappa shape index (κ1) is 49.4. The van der Waals surface area contributed by atoms with Crippen molar-refractivity contribution in [3.05, 3.63) is 243 Å². The van der Waals surface area contributed by atoms with Crippen molar-refractivity contribution in [1.29, 1.82) is 0 Å². The molecule has 0 N–H and O–H groups in total. The van der Waals surface area contributed by atoms with Gasteiger partial charge in [0.25, 0.3) is 0 Å². The quantitative estimate of drug-likeness (QED) is 0.0587. The molecule has 8 heteroatoms. The first-order valence-electron chi connectivity index (χ1n) is 20.7. The standard InChI is InChI=1S/2C26H24P2.C3H4O3.Au/c2*1-5-13-23(14-6-1)27(24-15-7-2-8-16-24)21-22-28(25-17-9-3-10-18-25)26-19-11-4-12-20-26;1-2(4)3(5)6;/h2*1-20H,21-22H2;1H3,(H,5,6);/q;;;+1/p-1. The van der Waals surface area contributed by atoms with E-state index >= 15 is 0 Å². The van der Waals surface area contributed by atoms with E-state index in [1.165, 1.54) is 67.1 Å². The van der Waals surface area contributed by atoms with Crippen LogP contribution in [0, 0.1) is 0 Å². The smallest absolute Gasteiger partial charge is 0.542 e. The molecule has 0 saturated heterocycles. The number of ketones is 1. The number of aliphatic carboxylic acids is 1. The predicted octanol–water partition coefficient (Wildman–Crippen LogP) is 8.83. The van der Waals surface area contributed by atoms with Crippen molar-refractivity contribution in [3.63, 3.8) is 0 Å². The van der Waals surface area contributed by atoms with Crippen LogP contribution in [0.3, 0.4) is 0 Å². The van der Waals surface area contributed by atoms with Crippen molar-refractivity contribution < 1.29 is 37.1 Å². The van der Waals surface area contributed by atoms with E-state index < -0.39 is 11.8 Å². The number of hydrogen-bond acceptors (Lipinski definition) is 3. The molecule has 320 valence electrons. The van der Waals surface area contributed by atoms with Crippen molar-refractivity contribution in [3.8, 4) is 0 Å². The minimum atomic E-state index is -1.63. The number of carboxylic acid groups (broad SMARTS) is 1.